The molecule has 0 saturated carbocycles. The maximum Gasteiger partial charge on any atom is 0.494 e. The predicted molar refractivity (Wildman–Crippen MR) is 356 cm³/mol. The first-order valence-electron chi connectivity index (χ1n) is 29.4. The van der Waals surface area contributed by atoms with Gasteiger partial charge in [0, 0.05) is 71.3 Å². The van der Waals surface area contributed by atoms with E-state index in [0.717, 1.165) is 127 Å². The topological polar surface area (TPSA) is 109 Å². The van der Waals surface area contributed by atoms with Crippen molar-refractivity contribution < 1.29 is 9.31 Å². The third kappa shape index (κ3) is 9.90. The van der Waals surface area contributed by atoms with Crippen molar-refractivity contribution >= 4 is 77.7 Å². The molecule has 1 fully saturated rings. The molecule has 9 nitrogen and oxygen atoms in total. The summed E-state index contributed by atoms with van der Waals surface area (Å²) < 4.78 is 12.7. The van der Waals surface area contributed by atoms with E-state index < -0.39 is 18.3 Å². The lowest BCUT2D eigenvalue weighted by molar-refractivity contribution is 0.00578. The number of benzene rings is 10. The van der Waals surface area contributed by atoms with Crippen LogP contribution in [0.2, 0.25) is 0 Å². The van der Waals surface area contributed by atoms with E-state index in [4.69, 9.17) is 44.2 Å². The first kappa shape index (κ1) is 53.1. The van der Waals surface area contributed by atoms with Gasteiger partial charge in [0.2, 0.25) is 0 Å². The zero-order valence-corrected chi connectivity index (χ0v) is 48.4. The van der Waals surface area contributed by atoms with Gasteiger partial charge in [0.05, 0.1) is 56.0 Å². The first-order valence-corrected chi connectivity index (χ1v) is 29.4. The number of pyridine rings is 4. The van der Waals surface area contributed by atoms with Crippen molar-refractivity contribution in [1.29, 1.82) is 0 Å². The summed E-state index contributed by atoms with van der Waals surface area (Å²) in [7, 11) is -0.437. The maximum absolute atomic E-state index is 6.37. The summed E-state index contributed by atoms with van der Waals surface area (Å²) in [6.07, 6.45) is 0. The Labute approximate surface area is 504 Å². The largest absolute Gasteiger partial charge is 0.494 e. The van der Waals surface area contributed by atoms with Gasteiger partial charge in [-0.1, -0.05) is 212 Å². The highest BCUT2D eigenvalue weighted by atomic mass is 16.7. The number of hydrogen-bond acceptors (Lipinski definition) is 9. The maximum atomic E-state index is 6.37. The summed E-state index contributed by atoms with van der Waals surface area (Å²) in [6, 6.07) is 91.3. The van der Waals surface area contributed by atoms with Crippen molar-refractivity contribution in [2.45, 2.75) is 38.9 Å². The molecule has 1 aliphatic heterocycles. The van der Waals surface area contributed by atoms with E-state index in [-0.39, 0.29) is 0 Å². The fraction of sp³-hybridized carbons (Fsp3) is 0.0779. The van der Waals surface area contributed by atoms with Crippen LogP contribution >= 0.6 is 0 Å². The quantitative estimate of drug-likeness (QED) is 0.109. The molecule has 414 valence electrons. The molecular weight excluding hydrogens is 1070 g/mol. The molecule has 15 aromatic rings. The van der Waals surface area contributed by atoms with Crippen LogP contribution in [0.5, 0.6) is 0 Å². The molecule has 5 aromatic heterocycles. The van der Waals surface area contributed by atoms with Crippen molar-refractivity contribution in [2.75, 3.05) is 0 Å². The molecule has 16 rings (SSSR count). The Hall–Kier alpha value is -10.6. The molecule has 10 heteroatoms. The van der Waals surface area contributed by atoms with Crippen molar-refractivity contribution in [3.05, 3.63) is 267 Å². The highest BCUT2D eigenvalue weighted by molar-refractivity contribution is 6.62. The highest BCUT2D eigenvalue weighted by Gasteiger charge is 2.51. The number of rotatable bonds is 8. The van der Waals surface area contributed by atoms with E-state index in [0.29, 0.717) is 17.5 Å². The summed E-state index contributed by atoms with van der Waals surface area (Å²) in [4.78, 5) is 35.5. The van der Waals surface area contributed by atoms with Crippen molar-refractivity contribution in [1.82, 2.24) is 34.9 Å². The molecule has 6 heterocycles. The molecular formula is C77H56BN7O2. The Morgan fingerprint density at radius 2 is 0.621 bits per heavy atom. The van der Waals surface area contributed by atoms with Gasteiger partial charge in [-0.2, -0.15) is 0 Å². The standard InChI is InChI=1S/C43H27N5.C34H29BN2O2/c1-4-13-28(14-5-1)36-25-24-35-38(44-36)26-23-34-33-21-10-11-22-37(33)45-40(39(34)35)31-19-12-20-32(27-31)43-47-41(29-15-6-2-7-16-29)46-42(48-43)30-17-8-3-9-18-30;1-33(2)34(3,4)39-35(38-33)24-14-10-13-23(21-24)32-31-26(25-15-8-9-16-29(25)37-32)17-20-30-27(31)18-19-28(36-30)22-11-6-5-7-12-22/h1-27H;5-21H,1-4H3. The lowest BCUT2D eigenvalue weighted by Gasteiger charge is -2.32. The van der Waals surface area contributed by atoms with Gasteiger partial charge >= 0.3 is 7.12 Å². The van der Waals surface area contributed by atoms with E-state index in [1.807, 2.05) is 109 Å². The molecule has 0 N–H and O–H groups in total. The Morgan fingerprint density at radius 1 is 0.264 bits per heavy atom. The van der Waals surface area contributed by atoms with Gasteiger partial charge in [0.1, 0.15) is 0 Å². The zero-order valence-electron chi connectivity index (χ0n) is 48.4. The first-order chi connectivity index (χ1) is 42.6. The predicted octanol–water partition coefficient (Wildman–Crippen LogP) is 18.0. The molecule has 10 aromatic carbocycles. The van der Waals surface area contributed by atoms with Gasteiger partial charge in [-0.15, -0.1) is 0 Å². The molecule has 0 bridgehead atoms. The average Bonchev–Trinajstić information content (AvgIpc) is 1.83. The van der Waals surface area contributed by atoms with Crippen LogP contribution in [0.15, 0.2) is 267 Å². The number of hydrogen-bond donors (Lipinski definition) is 0. The zero-order chi connectivity index (χ0) is 58.6. The van der Waals surface area contributed by atoms with Gasteiger partial charge in [0.15, 0.2) is 17.5 Å². The van der Waals surface area contributed by atoms with E-state index >= 15 is 0 Å². The second kappa shape index (κ2) is 21.8. The van der Waals surface area contributed by atoms with Crippen molar-refractivity contribution in [3.63, 3.8) is 0 Å². The monoisotopic (exact) mass is 1120 g/mol. The summed E-state index contributed by atoms with van der Waals surface area (Å²) in [5.74, 6) is 1.87. The minimum Gasteiger partial charge on any atom is -0.399 e. The lowest BCUT2D eigenvalue weighted by atomic mass is 9.78. The number of nitrogens with zero attached hydrogens (tertiary/aromatic N) is 7. The Bertz CT molecular complexity index is 5050. The number of aromatic nitrogens is 7. The average molecular weight is 1120 g/mol. The smallest absolute Gasteiger partial charge is 0.399 e. The van der Waals surface area contributed by atoms with Gasteiger partial charge in [-0.3, -0.25) is 0 Å². The minimum atomic E-state index is -0.437. The normalized spacial score (nSPS) is 13.6. The molecule has 0 spiro atoms. The summed E-state index contributed by atoms with van der Waals surface area (Å²) in [5.41, 5.74) is 14.6. The summed E-state index contributed by atoms with van der Waals surface area (Å²) >= 11 is 0. The van der Waals surface area contributed by atoms with Gasteiger partial charge in [0.25, 0.3) is 0 Å². The van der Waals surface area contributed by atoms with Gasteiger partial charge < -0.3 is 9.31 Å². The van der Waals surface area contributed by atoms with Crippen LogP contribution in [0.3, 0.4) is 0 Å². The van der Waals surface area contributed by atoms with Gasteiger partial charge in [-0.25, -0.2) is 34.9 Å². The van der Waals surface area contributed by atoms with E-state index in [1.165, 1.54) is 5.39 Å². The van der Waals surface area contributed by atoms with Crippen LogP contribution < -0.4 is 5.46 Å². The van der Waals surface area contributed by atoms with Crippen molar-refractivity contribution in [2.24, 2.45) is 0 Å². The van der Waals surface area contributed by atoms with Crippen molar-refractivity contribution in [3.8, 4) is 79.2 Å². The SMILES string of the molecule is CC1(C)OB(c2cccc(-c3nc4ccccc4c4ccc5nc(-c6ccccc6)ccc5c34)c2)OC1(C)C.c1ccc(-c2ccc3c(ccc4c5ccccc5nc(-c5cccc(-c6nc(-c7ccccc7)nc(-c7ccccc7)n6)c5)c34)n2)cc1. The third-order valence-electron chi connectivity index (χ3n) is 17.0. The highest BCUT2D eigenvalue weighted by Crippen LogP contribution is 2.42. The van der Waals surface area contributed by atoms with Crippen LogP contribution in [-0.4, -0.2) is 53.2 Å². The molecule has 0 unspecified atom stereocenters. The van der Waals surface area contributed by atoms with Crippen LogP contribution in [0.25, 0.3) is 144 Å². The van der Waals surface area contributed by atoms with Crippen LogP contribution in [0, 0.1) is 0 Å². The number of para-hydroxylation sites is 2. The molecule has 1 aliphatic rings. The molecule has 1 saturated heterocycles. The fourth-order valence-corrected chi connectivity index (χ4v) is 11.8. The minimum absolute atomic E-state index is 0.403. The lowest BCUT2D eigenvalue weighted by Crippen LogP contribution is -2.41. The van der Waals surface area contributed by atoms with E-state index in [1.54, 1.807) is 0 Å². The summed E-state index contributed by atoms with van der Waals surface area (Å²) in [6.45, 7) is 8.33. The number of fused-ring (bicyclic) bond motifs is 10. The van der Waals surface area contributed by atoms with Gasteiger partial charge in [-0.05, 0) is 98.5 Å². The second-order valence-corrected chi connectivity index (χ2v) is 23.0. The molecule has 0 atom stereocenters. The molecule has 0 amide bonds. The van der Waals surface area contributed by atoms with Crippen LogP contribution in [0.1, 0.15) is 27.7 Å². The van der Waals surface area contributed by atoms with Crippen LogP contribution in [-0.2, 0) is 9.31 Å². The third-order valence-corrected chi connectivity index (χ3v) is 17.0. The van der Waals surface area contributed by atoms with E-state index in [9.17, 15) is 0 Å². The fourth-order valence-electron chi connectivity index (χ4n) is 11.8. The van der Waals surface area contributed by atoms with E-state index in [2.05, 4.69) is 185 Å². The Kier molecular flexibility index (Phi) is 13.3. The Morgan fingerprint density at radius 3 is 1.09 bits per heavy atom. The molecule has 0 aliphatic carbocycles. The van der Waals surface area contributed by atoms with Crippen LogP contribution in [0.4, 0.5) is 0 Å². The molecule has 0 radical (unpaired) electrons. The molecule has 87 heavy (non-hydrogen) atoms. The second-order valence-electron chi connectivity index (χ2n) is 23.0. The Balaban J connectivity index is 0.000000150. The summed E-state index contributed by atoms with van der Waals surface area (Å²) in [5, 5.41) is 8.86.